The van der Waals surface area contributed by atoms with E-state index in [-0.39, 0.29) is 11.5 Å². The summed E-state index contributed by atoms with van der Waals surface area (Å²) in [7, 11) is 0. The van der Waals surface area contributed by atoms with Crippen LogP contribution in [-0.4, -0.2) is 20.3 Å². The maximum atomic E-state index is 13.8. The number of aryl methyl sites for hydroxylation is 2. The predicted molar refractivity (Wildman–Crippen MR) is 141 cm³/mol. The highest BCUT2D eigenvalue weighted by Crippen LogP contribution is 2.33. The number of thiophene rings is 1. The molecule has 0 saturated carbocycles. The zero-order valence-corrected chi connectivity index (χ0v) is 21.5. The van der Waals surface area contributed by atoms with Gasteiger partial charge in [0.25, 0.3) is 11.5 Å². The van der Waals surface area contributed by atoms with E-state index in [0.717, 1.165) is 28.4 Å². The van der Waals surface area contributed by atoms with Crippen LogP contribution in [0, 0.1) is 13.8 Å². The first-order valence-electron chi connectivity index (χ1n) is 11.4. The number of carbonyl (C=O) groups is 1. The minimum atomic E-state index is -0.544. The summed E-state index contributed by atoms with van der Waals surface area (Å²) in [4.78, 5) is 33.4. The van der Waals surface area contributed by atoms with Crippen molar-refractivity contribution in [3.63, 3.8) is 0 Å². The molecule has 1 amide bonds. The number of anilines is 1. The van der Waals surface area contributed by atoms with Crippen molar-refractivity contribution in [1.82, 2.24) is 14.3 Å². The minimum Gasteiger partial charge on any atom is -0.322 e. The number of carbonyl (C=O) groups excluding carboxylic acids is 1. The molecule has 0 bridgehead atoms. The van der Waals surface area contributed by atoms with E-state index >= 15 is 0 Å². The molecule has 3 aromatic heterocycles. The van der Waals surface area contributed by atoms with Gasteiger partial charge in [-0.05, 0) is 57.4 Å². The van der Waals surface area contributed by atoms with Crippen LogP contribution in [0.5, 0.6) is 0 Å². The van der Waals surface area contributed by atoms with Crippen molar-refractivity contribution in [3.05, 3.63) is 101 Å². The van der Waals surface area contributed by atoms with Gasteiger partial charge in [0.05, 0.1) is 21.5 Å². The second-order valence-electron chi connectivity index (χ2n) is 8.32. The Balaban J connectivity index is 1.67. The van der Waals surface area contributed by atoms with Crippen LogP contribution in [0.25, 0.3) is 6.08 Å². The van der Waals surface area contributed by atoms with E-state index < -0.39 is 6.04 Å². The summed E-state index contributed by atoms with van der Waals surface area (Å²) in [6, 6.07) is 12.7. The third-order valence-corrected chi connectivity index (χ3v) is 8.03. The zero-order valence-electron chi connectivity index (χ0n) is 19.9. The molecule has 9 heteroatoms. The lowest BCUT2D eigenvalue weighted by Gasteiger charge is -2.24. The second kappa shape index (κ2) is 9.24. The van der Waals surface area contributed by atoms with Crippen molar-refractivity contribution < 1.29 is 4.79 Å². The fraction of sp³-hybridized carbons (Fsp3) is 0.231. The minimum absolute atomic E-state index is 0.160. The van der Waals surface area contributed by atoms with Crippen LogP contribution in [0.4, 0.5) is 5.69 Å². The Labute approximate surface area is 210 Å². The smallest absolute Gasteiger partial charge is 0.271 e. The summed E-state index contributed by atoms with van der Waals surface area (Å²) >= 11 is 2.86. The lowest BCUT2D eigenvalue weighted by atomic mass is 10.0. The first kappa shape index (κ1) is 23.2. The molecule has 4 aromatic rings. The molecule has 0 spiro atoms. The lowest BCUT2D eigenvalue weighted by molar-refractivity contribution is -0.113. The highest BCUT2D eigenvalue weighted by molar-refractivity contribution is 7.10. The fourth-order valence-corrected chi connectivity index (χ4v) is 6.26. The number of para-hydroxylation sites is 1. The lowest BCUT2D eigenvalue weighted by Crippen LogP contribution is -2.40. The highest BCUT2D eigenvalue weighted by Gasteiger charge is 2.33. The van der Waals surface area contributed by atoms with E-state index in [2.05, 4.69) is 10.4 Å². The number of benzene rings is 1. The third-order valence-electron chi connectivity index (χ3n) is 6.12. The molecule has 35 heavy (non-hydrogen) atoms. The van der Waals surface area contributed by atoms with Crippen LogP contribution in [0.1, 0.15) is 41.7 Å². The van der Waals surface area contributed by atoms with Crippen molar-refractivity contribution in [3.8, 4) is 0 Å². The summed E-state index contributed by atoms with van der Waals surface area (Å²) in [6.45, 7) is 8.60. The fourth-order valence-electron chi connectivity index (χ4n) is 4.41. The molecule has 0 radical (unpaired) electrons. The Morgan fingerprint density at radius 2 is 1.91 bits per heavy atom. The Kier molecular flexibility index (Phi) is 6.12. The number of rotatable bonds is 5. The van der Waals surface area contributed by atoms with Crippen LogP contribution in [0.15, 0.2) is 68.9 Å². The molecule has 1 aromatic carbocycles. The van der Waals surface area contributed by atoms with Gasteiger partial charge in [0.15, 0.2) is 4.80 Å². The van der Waals surface area contributed by atoms with Gasteiger partial charge in [-0.3, -0.25) is 18.8 Å². The van der Waals surface area contributed by atoms with Crippen molar-refractivity contribution in [2.75, 3.05) is 5.32 Å². The van der Waals surface area contributed by atoms with Crippen molar-refractivity contribution in [2.24, 2.45) is 4.99 Å². The molecule has 1 aliphatic rings. The number of amides is 1. The van der Waals surface area contributed by atoms with Gasteiger partial charge in [-0.2, -0.15) is 5.10 Å². The molecule has 0 fully saturated rings. The number of thiazole rings is 1. The predicted octanol–water partition coefficient (Wildman–Crippen LogP) is 3.77. The number of allylic oxidation sites excluding steroid dienone is 1. The Morgan fingerprint density at radius 3 is 2.57 bits per heavy atom. The summed E-state index contributed by atoms with van der Waals surface area (Å²) in [5.41, 5.74) is 4.46. The summed E-state index contributed by atoms with van der Waals surface area (Å²) in [6.07, 6.45) is 1.90. The van der Waals surface area contributed by atoms with Crippen LogP contribution in [0.2, 0.25) is 0 Å². The zero-order chi connectivity index (χ0) is 24.7. The van der Waals surface area contributed by atoms with Gasteiger partial charge >= 0.3 is 0 Å². The molecule has 0 unspecified atom stereocenters. The van der Waals surface area contributed by atoms with E-state index in [1.54, 1.807) is 4.57 Å². The topological polar surface area (TPSA) is 81.3 Å². The Hall–Kier alpha value is -3.56. The molecule has 0 saturated heterocycles. The van der Waals surface area contributed by atoms with E-state index in [1.807, 2.05) is 86.3 Å². The van der Waals surface area contributed by atoms with Crippen LogP contribution in [0.3, 0.4) is 0 Å². The number of hydrogen-bond donors (Lipinski definition) is 1. The molecule has 7 nitrogen and oxygen atoms in total. The molecule has 178 valence electrons. The number of aromatic nitrogens is 3. The van der Waals surface area contributed by atoms with Crippen molar-refractivity contribution in [1.29, 1.82) is 0 Å². The summed E-state index contributed by atoms with van der Waals surface area (Å²) in [5.74, 6) is -0.263. The molecule has 4 heterocycles. The molecule has 1 N–H and O–H groups in total. The quantitative estimate of drug-likeness (QED) is 0.450. The van der Waals surface area contributed by atoms with E-state index in [4.69, 9.17) is 4.99 Å². The van der Waals surface area contributed by atoms with Gasteiger partial charge in [0.2, 0.25) is 0 Å². The molecule has 5 rings (SSSR count). The van der Waals surface area contributed by atoms with Gasteiger partial charge in [-0.1, -0.05) is 35.6 Å². The number of fused-ring (bicyclic) bond motifs is 1. The summed E-state index contributed by atoms with van der Waals surface area (Å²) < 4.78 is 4.16. The van der Waals surface area contributed by atoms with Gasteiger partial charge < -0.3 is 5.32 Å². The maximum absolute atomic E-state index is 13.8. The number of nitrogens with zero attached hydrogens (tertiary/aromatic N) is 4. The molecular weight excluding hydrogens is 478 g/mol. The number of nitrogens with one attached hydrogen (secondary N) is 1. The second-order valence-corrected chi connectivity index (χ2v) is 10.3. The first-order chi connectivity index (χ1) is 16.9. The van der Waals surface area contributed by atoms with Gasteiger partial charge in [0, 0.05) is 28.4 Å². The van der Waals surface area contributed by atoms with Gasteiger partial charge in [0.1, 0.15) is 6.04 Å². The van der Waals surface area contributed by atoms with Crippen LogP contribution >= 0.6 is 22.7 Å². The largest absolute Gasteiger partial charge is 0.322 e. The monoisotopic (exact) mass is 503 g/mol. The van der Waals surface area contributed by atoms with Crippen LogP contribution < -0.4 is 20.2 Å². The van der Waals surface area contributed by atoms with E-state index in [9.17, 15) is 9.59 Å². The summed E-state index contributed by atoms with van der Waals surface area (Å²) in [5, 5.41) is 9.51. The third kappa shape index (κ3) is 4.11. The highest BCUT2D eigenvalue weighted by atomic mass is 32.1. The molecular formula is C26H25N5O2S2. The van der Waals surface area contributed by atoms with Gasteiger partial charge in [-0.25, -0.2) is 4.99 Å². The Bertz CT molecular complexity index is 1620. The van der Waals surface area contributed by atoms with Crippen LogP contribution in [-0.2, 0) is 11.3 Å². The number of hydrogen-bond acceptors (Lipinski definition) is 6. The first-order valence-corrected chi connectivity index (χ1v) is 13.0. The average molecular weight is 504 g/mol. The maximum Gasteiger partial charge on any atom is 0.271 e. The van der Waals surface area contributed by atoms with E-state index in [1.165, 1.54) is 22.7 Å². The van der Waals surface area contributed by atoms with Crippen molar-refractivity contribution in [2.45, 2.75) is 40.3 Å². The standard InChI is InChI=1S/C26H25N5O2S2/c1-5-30-17(4)19(15(2)29-30)14-21-25(33)31-23(20-12-9-13-34-20)22(16(3)27-26(31)35-21)24(32)28-18-10-7-6-8-11-18/h6-14,23H,5H2,1-4H3,(H,28,32)/b21-14+/t23-/m1/s1. The van der Waals surface area contributed by atoms with Gasteiger partial charge in [-0.15, -0.1) is 11.3 Å². The van der Waals surface area contributed by atoms with E-state index in [0.29, 0.717) is 26.3 Å². The molecule has 1 aliphatic heterocycles. The molecule has 1 atom stereocenters. The SMILES string of the molecule is CCn1nc(C)c(/C=c2/sc3n(c2=O)[C@H](c2cccs2)C(C(=O)Nc2ccccc2)=C(C)N=3)c1C. The van der Waals surface area contributed by atoms with Crippen molar-refractivity contribution >= 4 is 40.3 Å². The average Bonchev–Trinajstić information content (AvgIpc) is 3.54. The normalized spacial score (nSPS) is 15.8. The Morgan fingerprint density at radius 1 is 1.14 bits per heavy atom. The molecule has 0 aliphatic carbocycles.